The highest BCUT2D eigenvalue weighted by Crippen LogP contribution is 2.19. The van der Waals surface area contributed by atoms with Gasteiger partial charge < -0.3 is 11.5 Å². The van der Waals surface area contributed by atoms with Crippen molar-refractivity contribution < 1.29 is 13.2 Å². The molecular formula is C12H14N4O3S. The summed E-state index contributed by atoms with van der Waals surface area (Å²) in [5.74, 6) is -0.391. The monoisotopic (exact) mass is 294 g/mol. The minimum absolute atomic E-state index is 0.0321. The average molecular weight is 294 g/mol. The SMILES string of the molecule is CC(NS(=O)(=O)c1ccc2nc(N)ccc2c1)C(N)=O. The van der Waals surface area contributed by atoms with Crippen LogP contribution in [-0.4, -0.2) is 25.4 Å². The molecule has 5 N–H and O–H groups in total. The molecule has 2 rings (SSSR count). The fourth-order valence-electron chi connectivity index (χ4n) is 1.65. The fourth-order valence-corrected chi connectivity index (χ4v) is 2.89. The quantitative estimate of drug-likeness (QED) is 0.729. The Morgan fingerprint density at radius 3 is 2.65 bits per heavy atom. The highest BCUT2D eigenvalue weighted by molar-refractivity contribution is 7.89. The van der Waals surface area contributed by atoms with Crippen molar-refractivity contribution in [2.75, 3.05) is 5.73 Å². The molecule has 1 aromatic carbocycles. The van der Waals surface area contributed by atoms with Crippen molar-refractivity contribution in [3.8, 4) is 0 Å². The first-order valence-corrected chi connectivity index (χ1v) is 7.26. The molecule has 1 amide bonds. The van der Waals surface area contributed by atoms with Crippen LogP contribution < -0.4 is 16.2 Å². The van der Waals surface area contributed by atoms with Crippen LogP contribution in [0.5, 0.6) is 0 Å². The van der Waals surface area contributed by atoms with Crippen LogP contribution in [-0.2, 0) is 14.8 Å². The van der Waals surface area contributed by atoms with E-state index in [1.165, 1.54) is 19.1 Å². The molecule has 7 nitrogen and oxygen atoms in total. The Morgan fingerprint density at radius 1 is 1.30 bits per heavy atom. The van der Waals surface area contributed by atoms with Gasteiger partial charge in [0.15, 0.2) is 0 Å². The zero-order valence-corrected chi connectivity index (χ0v) is 11.5. The molecule has 20 heavy (non-hydrogen) atoms. The van der Waals surface area contributed by atoms with Crippen molar-refractivity contribution in [2.24, 2.45) is 5.73 Å². The number of nitrogen functional groups attached to an aromatic ring is 1. The molecule has 0 aliphatic heterocycles. The maximum absolute atomic E-state index is 12.1. The molecule has 0 saturated carbocycles. The number of sulfonamides is 1. The number of hydrogen-bond donors (Lipinski definition) is 3. The number of primary amides is 1. The third-order valence-corrected chi connectivity index (χ3v) is 4.29. The van der Waals surface area contributed by atoms with E-state index in [9.17, 15) is 13.2 Å². The molecule has 106 valence electrons. The molecule has 1 unspecified atom stereocenters. The highest BCUT2D eigenvalue weighted by Gasteiger charge is 2.20. The van der Waals surface area contributed by atoms with Gasteiger partial charge in [-0.3, -0.25) is 4.79 Å². The number of amides is 1. The van der Waals surface area contributed by atoms with Crippen LogP contribution in [0.3, 0.4) is 0 Å². The predicted octanol–water partition coefficient (Wildman–Crippen LogP) is -0.0309. The van der Waals surface area contributed by atoms with E-state index in [1.807, 2.05) is 0 Å². The standard InChI is InChI=1S/C12H14N4O3S/c1-7(12(14)17)16-20(18,19)9-3-4-10-8(6-9)2-5-11(13)15-10/h2-7,16H,1H3,(H2,13,15)(H2,14,17). The lowest BCUT2D eigenvalue weighted by Crippen LogP contribution is -2.42. The zero-order chi connectivity index (χ0) is 14.9. The van der Waals surface area contributed by atoms with Gasteiger partial charge in [0, 0.05) is 5.39 Å². The number of aromatic nitrogens is 1. The molecule has 0 radical (unpaired) electrons. The molecule has 0 fully saturated rings. The van der Waals surface area contributed by atoms with Gasteiger partial charge >= 0.3 is 0 Å². The number of rotatable bonds is 4. The topological polar surface area (TPSA) is 128 Å². The van der Waals surface area contributed by atoms with Gasteiger partial charge in [-0.15, -0.1) is 0 Å². The van der Waals surface area contributed by atoms with E-state index in [0.29, 0.717) is 16.7 Å². The molecule has 1 atom stereocenters. The first kappa shape index (κ1) is 14.2. The Balaban J connectivity index is 2.42. The van der Waals surface area contributed by atoms with Crippen LogP contribution in [0.2, 0.25) is 0 Å². The Labute approximate surface area is 116 Å². The maximum atomic E-state index is 12.1. The van der Waals surface area contributed by atoms with Gasteiger partial charge in [-0.05, 0) is 37.3 Å². The van der Waals surface area contributed by atoms with Gasteiger partial charge in [-0.1, -0.05) is 0 Å². The van der Waals surface area contributed by atoms with E-state index in [2.05, 4.69) is 9.71 Å². The van der Waals surface area contributed by atoms with Gasteiger partial charge in [0.25, 0.3) is 0 Å². The van der Waals surface area contributed by atoms with Crippen molar-refractivity contribution in [2.45, 2.75) is 17.9 Å². The summed E-state index contributed by atoms with van der Waals surface area (Å²) in [6.07, 6.45) is 0. The first-order valence-electron chi connectivity index (χ1n) is 5.77. The van der Waals surface area contributed by atoms with Crippen molar-refractivity contribution >= 4 is 32.7 Å². The van der Waals surface area contributed by atoms with Gasteiger partial charge in [-0.25, -0.2) is 13.4 Å². The summed E-state index contributed by atoms with van der Waals surface area (Å²) in [5.41, 5.74) is 11.2. The lowest BCUT2D eigenvalue weighted by molar-refractivity contribution is -0.119. The number of nitrogens with one attached hydrogen (secondary N) is 1. The van der Waals surface area contributed by atoms with Crippen LogP contribution >= 0.6 is 0 Å². The summed E-state index contributed by atoms with van der Waals surface area (Å²) in [7, 11) is -3.82. The summed E-state index contributed by atoms with van der Waals surface area (Å²) in [4.78, 5) is 15.0. The number of carbonyl (C=O) groups excluding carboxylic acids is 1. The third-order valence-electron chi connectivity index (χ3n) is 2.75. The molecule has 0 spiro atoms. The Bertz CT molecular complexity index is 773. The number of nitrogens with zero attached hydrogens (tertiary/aromatic N) is 1. The maximum Gasteiger partial charge on any atom is 0.241 e. The van der Waals surface area contributed by atoms with Gasteiger partial charge in [-0.2, -0.15) is 4.72 Å². The molecule has 0 bridgehead atoms. The normalized spacial score (nSPS) is 13.2. The van der Waals surface area contributed by atoms with Gasteiger partial charge in [0.05, 0.1) is 16.5 Å². The summed E-state index contributed by atoms with van der Waals surface area (Å²) >= 11 is 0. The lowest BCUT2D eigenvalue weighted by atomic mass is 10.2. The number of carbonyl (C=O) groups is 1. The predicted molar refractivity (Wildman–Crippen MR) is 75.1 cm³/mol. The van der Waals surface area contributed by atoms with Gasteiger partial charge in [0.1, 0.15) is 5.82 Å². The minimum Gasteiger partial charge on any atom is -0.384 e. The van der Waals surface area contributed by atoms with Crippen molar-refractivity contribution in [1.82, 2.24) is 9.71 Å². The van der Waals surface area contributed by atoms with Crippen LogP contribution in [0, 0.1) is 0 Å². The molecule has 8 heteroatoms. The van der Waals surface area contributed by atoms with E-state index >= 15 is 0 Å². The molecule has 1 heterocycles. The molecule has 0 aliphatic rings. The van der Waals surface area contributed by atoms with Crippen molar-refractivity contribution in [1.29, 1.82) is 0 Å². The van der Waals surface area contributed by atoms with E-state index in [4.69, 9.17) is 11.5 Å². The van der Waals surface area contributed by atoms with E-state index in [-0.39, 0.29) is 4.90 Å². The summed E-state index contributed by atoms with van der Waals surface area (Å²) in [5, 5.41) is 0.633. The second-order valence-corrected chi connectivity index (χ2v) is 6.05. The number of pyridine rings is 1. The van der Waals surface area contributed by atoms with E-state index in [1.54, 1.807) is 18.2 Å². The minimum atomic E-state index is -3.82. The van der Waals surface area contributed by atoms with Crippen LogP contribution in [0.4, 0.5) is 5.82 Å². The Kier molecular flexibility index (Phi) is 3.60. The zero-order valence-electron chi connectivity index (χ0n) is 10.7. The molecule has 1 aromatic heterocycles. The summed E-state index contributed by atoms with van der Waals surface area (Å²) in [6, 6.07) is 6.67. The molecule has 2 aromatic rings. The lowest BCUT2D eigenvalue weighted by Gasteiger charge is -2.11. The number of anilines is 1. The molecule has 0 saturated heterocycles. The second kappa shape index (κ2) is 5.06. The Hall–Kier alpha value is -2.19. The fraction of sp³-hybridized carbons (Fsp3) is 0.167. The highest BCUT2D eigenvalue weighted by atomic mass is 32.2. The number of nitrogens with two attached hydrogens (primary N) is 2. The van der Waals surface area contributed by atoms with Crippen molar-refractivity contribution in [3.05, 3.63) is 30.3 Å². The number of fused-ring (bicyclic) bond motifs is 1. The first-order chi connectivity index (χ1) is 9.29. The van der Waals surface area contributed by atoms with Crippen LogP contribution in [0.25, 0.3) is 10.9 Å². The smallest absolute Gasteiger partial charge is 0.241 e. The van der Waals surface area contributed by atoms with E-state index < -0.39 is 22.0 Å². The second-order valence-electron chi connectivity index (χ2n) is 4.34. The molecule has 0 aliphatic carbocycles. The number of hydrogen-bond acceptors (Lipinski definition) is 5. The average Bonchev–Trinajstić information content (AvgIpc) is 2.37. The van der Waals surface area contributed by atoms with Gasteiger partial charge in [0.2, 0.25) is 15.9 Å². The van der Waals surface area contributed by atoms with E-state index in [0.717, 1.165) is 0 Å². The van der Waals surface area contributed by atoms with Crippen LogP contribution in [0.1, 0.15) is 6.92 Å². The summed E-state index contributed by atoms with van der Waals surface area (Å²) < 4.78 is 26.4. The number of benzene rings is 1. The summed E-state index contributed by atoms with van der Waals surface area (Å²) in [6.45, 7) is 1.38. The third kappa shape index (κ3) is 2.86. The largest absolute Gasteiger partial charge is 0.384 e. The van der Waals surface area contributed by atoms with Crippen molar-refractivity contribution in [3.63, 3.8) is 0 Å². The Morgan fingerprint density at radius 2 is 2.00 bits per heavy atom. The van der Waals surface area contributed by atoms with Crippen LogP contribution in [0.15, 0.2) is 35.2 Å². The molecular weight excluding hydrogens is 280 g/mol.